The number of carbonyl (C=O) groups excluding carboxylic acids is 2. The number of methoxy groups -OCH3 is 1. The minimum Gasteiger partial charge on any atom is -0.478 e. The maximum absolute atomic E-state index is 11.8. The maximum atomic E-state index is 11.8. The molecule has 2 N–H and O–H groups in total. The third-order valence-corrected chi connectivity index (χ3v) is 3.62. The number of aromatic carboxylic acids is 2. The van der Waals surface area contributed by atoms with Crippen LogP contribution in [0, 0.1) is 0 Å². The van der Waals surface area contributed by atoms with E-state index < -0.39 is 23.7 Å². The van der Waals surface area contributed by atoms with Crippen molar-refractivity contribution in [2.45, 2.75) is 6.92 Å². The zero-order valence-corrected chi connectivity index (χ0v) is 13.4. The van der Waals surface area contributed by atoms with Crippen LogP contribution < -0.4 is 0 Å². The third-order valence-electron chi connectivity index (χ3n) is 3.62. The van der Waals surface area contributed by atoms with Crippen LogP contribution in [0.15, 0.2) is 36.4 Å². The van der Waals surface area contributed by atoms with Gasteiger partial charge in [-0.3, -0.25) is 4.79 Å². The minimum absolute atomic E-state index is 0.0203. The largest absolute Gasteiger partial charge is 0.478 e. The molecular formula is C18H14O7. The number of hydrogen-bond donors (Lipinski definition) is 2. The van der Waals surface area contributed by atoms with E-state index in [1.165, 1.54) is 43.3 Å². The molecule has 0 saturated carbocycles. The summed E-state index contributed by atoms with van der Waals surface area (Å²) in [6.45, 7) is 1.25. The number of esters is 1. The van der Waals surface area contributed by atoms with Gasteiger partial charge in [-0.05, 0) is 42.3 Å². The Bertz CT molecular complexity index is 896. The molecule has 0 aliphatic heterocycles. The van der Waals surface area contributed by atoms with Gasteiger partial charge in [-0.1, -0.05) is 12.1 Å². The molecule has 2 aromatic carbocycles. The summed E-state index contributed by atoms with van der Waals surface area (Å²) in [5.41, 5.74) is 0.449. The van der Waals surface area contributed by atoms with Crippen molar-refractivity contribution in [2.24, 2.45) is 0 Å². The normalized spacial score (nSPS) is 10.2. The number of carboxylic acids is 2. The Morgan fingerprint density at radius 3 is 1.60 bits per heavy atom. The van der Waals surface area contributed by atoms with Gasteiger partial charge < -0.3 is 14.9 Å². The van der Waals surface area contributed by atoms with Gasteiger partial charge in [0.15, 0.2) is 5.78 Å². The molecule has 0 unspecified atom stereocenters. The minimum atomic E-state index is -1.28. The van der Waals surface area contributed by atoms with E-state index in [1.807, 2.05) is 0 Å². The fraction of sp³-hybridized carbons (Fsp3) is 0.111. The van der Waals surface area contributed by atoms with Gasteiger partial charge in [0.25, 0.3) is 0 Å². The predicted octanol–water partition coefficient (Wildman–Crippen LogP) is 2.74. The fourth-order valence-electron chi connectivity index (χ4n) is 2.39. The highest BCUT2D eigenvalue weighted by molar-refractivity contribution is 6.06. The van der Waals surface area contributed by atoms with E-state index in [-0.39, 0.29) is 22.3 Å². The van der Waals surface area contributed by atoms with Crippen LogP contribution in [-0.2, 0) is 4.74 Å². The Morgan fingerprint density at radius 1 is 0.760 bits per heavy atom. The summed E-state index contributed by atoms with van der Waals surface area (Å²) in [5, 5.41) is 18.3. The summed E-state index contributed by atoms with van der Waals surface area (Å²) < 4.78 is 4.60. The lowest BCUT2D eigenvalue weighted by Gasteiger charge is -2.10. The average molecular weight is 342 g/mol. The Morgan fingerprint density at radius 2 is 1.20 bits per heavy atom. The molecular weight excluding hydrogens is 328 g/mol. The van der Waals surface area contributed by atoms with Crippen LogP contribution in [0.1, 0.15) is 48.4 Å². The van der Waals surface area contributed by atoms with E-state index in [9.17, 15) is 19.2 Å². The summed E-state index contributed by atoms with van der Waals surface area (Å²) >= 11 is 0. The van der Waals surface area contributed by atoms with Gasteiger partial charge in [0.2, 0.25) is 0 Å². The second-order valence-electron chi connectivity index (χ2n) is 5.18. The van der Waals surface area contributed by atoms with E-state index in [2.05, 4.69) is 4.74 Å². The molecule has 7 heteroatoms. The summed E-state index contributed by atoms with van der Waals surface area (Å²) in [4.78, 5) is 46.0. The van der Waals surface area contributed by atoms with Crippen molar-refractivity contribution in [1.82, 2.24) is 0 Å². The summed E-state index contributed by atoms with van der Waals surface area (Å²) in [6.07, 6.45) is 0. The molecule has 0 bridgehead atoms. The van der Waals surface area contributed by atoms with Crippen LogP contribution >= 0.6 is 0 Å². The Kier molecular flexibility index (Phi) is 4.97. The number of hydrogen-bond acceptors (Lipinski definition) is 5. The topological polar surface area (TPSA) is 118 Å². The molecule has 0 radical (unpaired) electrons. The molecule has 25 heavy (non-hydrogen) atoms. The van der Waals surface area contributed by atoms with Crippen LogP contribution in [0.3, 0.4) is 0 Å². The van der Waals surface area contributed by atoms with Crippen molar-refractivity contribution in [3.8, 4) is 11.1 Å². The standard InChI is InChI=1S/C18H14O7/c1-9(19)14-7-10(3-5-12(14)16(20)21)11-4-6-13(17(22)23)15(8-11)18(24)25-2/h3-8H,1-2H3,(H,20,21)(H,22,23). The van der Waals surface area contributed by atoms with Crippen molar-refractivity contribution < 1.29 is 34.1 Å². The average Bonchev–Trinajstić information content (AvgIpc) is 2.59. The van der Waals surface area contributed by atoms with E-state index in [0.717, 1.165) is 7.11 Å². The summed E-state index contributed by atoms with van der Waals surface area (Å²) in [5.74, 6) is -3.74. The number of benzene rings is 2. The number of carbonyl (C=O) groups is 4. The van der Waals surface area contributed by atoms with Gasteiger partial charge in [-0.25, -0.2) is 14.4 Å². The maximum Gasteiger partial charge on any atom is 0.338 e. The van der Waals surface area contributed by atoms with Crippen LogP contribution in [0.5, 0.6) is 0 Å². The number of carboxylic acid groups (broad SMARTS) is 2. The number of Topliss-reactive ketones (excluding diaryl/α,β-unsaturated/α-hetero) is 1. The second-order valence-corrected chi connectivity index (χ2v) is 5.18. The van der Waals surface area contributed by atoms with Gasteiger partial charge in [0, 0.05) is 5.56 Å². The molecule has 0 atom stereocenters. The van der Waals surface area contributed by atoms with E-state index in [1.54, 1.807) is 0 Å². The fourth-order valence-corrected chi connectivity index (χ4v) is 2.39. The SMILES string of the molecule is COC(=O)c1cc(-c2ccc(C(=O)O)c(C(C)=O)c2)ccc1C(=O)O. The first-order valence-electron chi connectivity index (χ1n) is 7.10. The molecule has 0 amide bonds. The first kappa shape index (κ1) is 17.9. The number of ketones is 1. The number of ether oxygens (including phenoxy) is 1. The highest BCUT2D eigenvalue weighted by Crippen LogP contribution is 2.26. The molecule has 0 saturated heterocycles. The van der Waals surface area contributed by atoms with Crippen LogP contribution in [0.25, 0.3) is 11.1 Å². The van der Waals surface area contributed by atoms with Crippen LogP contribution in [0.2, 0.25) is 0 Å². The summed E-state index contributed by atoms with van der Waals surface area (Å²) in [6, 6.07) is 8.21. The Balaban J connectivity index is 2.64. The molecule has 128 valence electrons. The van der Waals surface area contributed by atoms with Crippen molar-refractivity contribution in [1.29, 1.82) is 0 Å². The summed E-state index contributed by atoms with van der Waals surface area (Å²) in [7, 11) is 1.14. The highest BCUT2D eigenvalue weighted by atomic mass is 16.5. The smallest absolute Gasteiger partial charge is 0.338 e. The van der Waals surface area contributed by atoms with Gasteiger partial charge in [-0.15, -0.1) is 0 Å². The predicted molar refractivity (Wildman–Crippen MR) is 87.1 cm³/mol. The monoisotopic (exact) mass is 342 g/mol. The zero-order chi connectivity index (χ0) is 18.7. The highest BCUT2D eigenvalue weighted by Gasteiger charge is 2.19. The number of rotatable bonds is 5. The molecule has 0 aromatic heterocycles. The van der Waals surface area contributed by atoms with E-state index in [4.69, 9.17) is 10.2 Å². The van der Waals surface area contributed by atoms with Crippen molar-refractivity contribution in [2.75, 3.05) is 7.11 Å². The quantitative estimate of drug-likeness (QED) is 0.633. The Labute approximate surface area is 142 Å². The van der Waals surface area contributed by atoms with E-state index >= 15 is 0 Å². The first-order chi connectivity index (χ1) is 11.8. The van der Waals surface area contributed by atoms with Gasteiger partial charge in [0.05, 0.1) is 23.8 Å². The third kappa shape index (κ3) is 3.55. The Hall–Kier alpha value is -3.48. The van der Waals surface area contributed by atoms with E-state index in [0.29, 0.717) is 11.1 Å². The molecule has 0 spiro atoms. The molecule has 2 aromatic rings. The molecule has 2 rings (SSSR count). The van der Waals surface area contributed by atoms with Gasteiger partial charge >= 0.3 is 17.9 Å². The van der Waals surface area contributed by atoms with Crippen molar-refractivity contribution >= 4 is 23.7 Å². The van der Waals surface area contributed by atoms with Gasteiger partial charge in [0.1, 0.15) is 0 Å². The molecule has 0 fully saturated rings. The molecule has 0 aliphatic rings. The lowest BCUT2D eigenvalue weighted by Crippen LogP contribution is -2.10. The lowest BCUT2D eigenvalue weighted by atomic mass is 9.94. The van der Waals surface area contributed by atoms with Crippen molar-refractivity contribution in [3.63, 3.8) is 0 Å². The van der Waals surface area contributed by atoms with Crippen LogP contribution in [0.4, 0.5) is 0 Å². The lowest BCUT2D eigenvalue weighted by molar-refractivity contribution is 0.0582. The van der Waals surface area contributed by atoms with Crippen LogP contribution in [-0.4, -0.2) is 41.0 Å². The van der Waals surface area contributed by atoms with Gasteiger partial charge in [-0.2, -0.15) is 0 Å². The zero-order valence-electron chi connectivity index (χ0n) is 13.4. The molecule has 0 aliphatic carbocycles. The second kappa shape index (κ2) is 6.96. The first-order valence-corrected chi connectivity index (χ1v) is 7.10. The molecule has 7 nitrogen and oxygen atoms in total. The molecule has 0 heterocycles. The van der Waals surface area contributed by atoms with Crippen molar-refractivity contribution in [3.05, 3.63) is 58.7 Å².